The molecule has 1 heterocycles. The van der Waals surface area contributed by atoms with E-state index in [1.165, 1.54) is 0 Å². The fourth-order valence-electron chi connectivity index (χ4n) is 2.40. The maximum atomic E-state index is 12.0. The van der Waals surface area contributed by atoms with Gasteiger partial charge >= 0.3 is 0 Å². The van der Waals surface area contributed by atoms with Gasteiger partial charge in [-0.3, -0.25) is 9.59 Å². The van der Waals surface area contributed by atoms with E-state index in [9.17, 15) is 9.59 Å². The maximum Gasteiger partial charge on any atom is 0.239 e. The van der Waals surface area contributed by atoms with Crippen molar-refractivity contribution in [2.75, 3.05) is 6.54 Å². The minimum Gasteiger partial charge on any atom is -0.355 e. The number of nitrogens with zero attached hydrogens (tertiary/aromatic N) is 2. The van der Waals surface area contributed by atoms with Gasteiger partial charge in [0.15, 0.2) is 0 Å². The van der Waals surface area contributed by atoms with Gasteiger partial charge in [-0.05, 0) is 26.0 Å². The number of imidazole rings is 1. The minimum absolute atomic E-state index is 0.0379. The predicted octanol–water partition coefficient (Wildman–Crippen LogP) is 1.76. The fraction of sp³-hybridized carbons (Fsp3) is 0.438. The number of hydrogen-bond acceptors (Lipinski definition) is 3. The fourth-order valence-corrected chi connectivity index (χ4v) is 2.40. The molecule has 2 aromatic rings. The molecule has 2 amide bonds. The van der Waals surface area contributed by atoms with Crippen molar-refractivity contribution >= 4 is 22.8 Å². The van der Waals surface area contributed by atoms with Gasteiger partial charge in [-0.1, -0.05) is 19.1 Å². The number of likely N-dealkylation sites (N-methyl/N-ethyl adjacent to an activating group) is 1. The van der Waals surface area contributed by atoms with Crippen molar-refractivity contribution < 1.29 is 9.59 Å². The van der Waals surface area contributed by atoms with Crippen LogP contribution < -0.4 is 10.6 Å². The number of amides is 2. The molecule has 0 bridgehead atoms. The first-order valence-corrected chi connectivity index (χ1v) is 7.58. The van der Waals surface area contributed by atoms with Gasteiger partial charge in [0.1, 0.15) is 12.4 Å². The lowest BCUT2D eigenvalue weighted by molar-refractivity contribution is -0.121. The summed E-state index contributed by atoms with van der Waals surface area (Å²) < 4.78 is 1.86. The molecule has 1 aromatic heterocycles. The zero-order valence-corrected chi connectivity index (χ0v) is 13.2. The number of benzene rings is 1. The van der Waals surface area contributed by atoms with Crippen molar-refractivity contribution in [3.05, 3.63) is 30.1 Å². The van der Waals surface area contributed by atoms with E-state index in [0.717, 1.165) is 11.0 Å². The molecule has 2 N–H and O–H groups in total. The zero-order chi connectivity index (χ0) is 16.1. The second kappa shape index (κ2) is 7.06. The van der Waals surface area contributed by atoms with Crippen molar-refractivity contribution in [1.29, 1.82) is 0 Å². The molecule has 0 saturated carbocycles. The van der Waals surface area contributed by atoms with Crippen LogP contribution >= 0.6 is 0 Å². The molecule has 0 fully saturated rings. The Balaban J connectivity index is 2.39. The van der Waals surface area contributed by atoms with Crippen LogP contribution in [0.1, 0.15) is 39.1 Å². The summed E-state index contributed by atoms with van der Waals surface area (Å²) in [6.45, 7) is 6.34. The molecule has 0 spiro atoms. The number of nitrogens with one attached hydrogen (secondary N) is 2. The number of fused-ring (bicyclic) bond motifs is 1. The molecule has 6 nitrogen and oxygen atoms in total. The van der Waals surface area contributed by atoms with Crippen LogP contribution in [-0.4, -0.2) is 27.9 Å². The molecule has 1 unspecified atom stereocenters. The molecule has 2 rings (SSSR count). The quantitative estimate of drug-likeness (QED) is 0.853. The first-order valence-electron chi connectivity index (χ1n) is 7.58. The molecule has 0 radical (unpaired) electrons. The Morgan fingerprint density at radius 3 is 2.64 bits per heavy atom. The third-order valence-corrected chi connectivity index (χ3v) is 3.45. The summed E-state index contributed by atoms with van der Waals surface area (Å²) in [4.78, 5) is 28.2. The van der Waals surface area contributed by atoms with E-state index in [0.29, 0.717) is 18.8 Å². The highest BCUT2D eigenvalue weighted by molar-refractivity contribution is 5.81. The molecule has 6 heteroatoms. The van der Waals surface area contributed by atoms with Crippen LogP contribution in [0.15, 0.2) is 24.3 Å². The van der Waals surface area contributed by atoms with Gasteiger partial charge < -0.3 is 15.2 Å². The molecule has 22 heavy (non-hydrogen) atoms. The number of carbonyl (C=O) groups excluding carboxylic acids is 2. The van der Waals surface area contributed by atoms with Crippen molar-refractivity contribution in [3.63, 3.8) is 0 Å². The molecule has 0 aliphatic heterocycles. The first kappa shape index (κ1) is 16.0. The number of aromatic nitrogens is 2. The van der Waals surface area contributed by atoms with Crippen LogP contribution in [0.25, 0.3) is 11.0 Å². The summed E-state index contributed by atoms with van der Waals surface area (Å²) in [6.07, 6.45) is 0.418. The lowest BCUT2D eigenvalue weighted by Crippen LogP contribution is -2.31. The van der Waals surface area contributed by atoms with Gasteiger partial charge in [0.25, 0.3) is 0 Å². The number of rotatable bonds is 6. The topological polar surface area (TPSA) is 76.0 Å². The molecule has 118 valence electrons. The summed E-state index contributed by atoms with van der Waals surface area (Å²) in [5, 5.41) is 5.69. The first-order chi connectivity index (χ1) is 10.6. The molecular formula is C16H22N4O2. The zero-order valence-electron chi connectivity index (χ0n) is 13.2. The van der Waals surface area contributed by atoms with Crippen LogP contribution in [0.5, 0.6) is 0 Å². The van der Waals surface area contributed by atoms with Gasteiger partial charge in [0.2, 0.25) is 11.8 Å². The maximum absolute atomic E-state index is 12.0. The highest BCUT2D eigenvalue weighted by Gasteiger charge is 2.19. The Morgan fingerprint density at radius 2 is 1.95 bits per heavy atom. The van der Waals surface area contributed by atoms with Crippen molar-refractivity contribution in [3.8, 4) is 0 Å². The molecule has 0 aliphatic rings. The second-order valence-corrected chi connectivity index (χ2v) is 5.14. The number of hydrogen-bond donors (Lipinski definition) is 2. The molecular weight excluding hydrogens is 280 g/mol. The van der Waals surface area contributed by atoms with E-state index in [1.54, 1.807) is 6.92 Å². The van der Waals surface area contributed by atoms with E-state index >= 15 is 0 Å². The van der Waals surface area contributed by atoms with Gasteiger partial charge in [0.05, 0.1) is 17.1 Å². The highest BCUT2D eigenvalue weighted by Crippen LogP contribution is 2.20. The van der Waals surface area contributed by atoms with Crippen molar-refractivity contribution in [2.24, 2.45) is 0 Å². The van der Waals surface area contributed by atoms with Gasteiger partial charge in [-0.2, -0.15) is 0 Å². The van der Waals surface area contributed by atoms with Crippen LogP contribution in [-0.2, 0) is 16.1 Å². The van der Waals surface area contributed by atoms with E-state index in [-0.39, 0.29) is 24.4 Å². The predicted molar refractivity (Wildman–Crippen MR) is 85.3 cm³/mol. The Labute approximate surface area is 129 Å². The number of carbonyl (C=O) groups is 2. The van der Waals surface area contributed by atoms with E-state index in [4.69, 9.17) is 0 Å². The van der Waals surface area contributed by atoms with Crippen molar-refractivity contribution in [2.45, 2.75) is 39.8 Å². The van der Waals surface area contributed by atoms with Crippen molar-refractivity contribution in [1.82, 2.24) is 20.2 Å². The molecule has 0 saturated heterocycles. The van der Waals surface area contributed by atoms with E-state index < -0.39 is 0 Å². The average molecular weight is 302 g/mol. The van der Waals surface area contributed by atoms with Crippen LogP contribution in [0.4, 0.5) is 0 Å². The van der Waals surface area contributed by atoms with Gasteiger partial charge in [-0.15, -0.1) is 0 Å². The lowest BCUT2D eigenvalue weighted by atomic mass is 10.3. The Hall–Kier alpha value is -2.37. The molecule has 1 atom stereocenters. The average Bonchev–Trinajstić information content (AvgIpc) is 2.86. The Kier molecular flexibility index (Phi) is 5.14. The number of para-hydroxylation sites is 2. The third-order valence-electron chi connectivity index (χ3n) is 3.45. The summed E-state index contributed by atoms with van der Waals surface area (Å²) in [5.74, 6) is 0.583. The van der Waals surface area contributed by atoms with E-state index in [1.807, 2.05) is 42.7 Å². The Morgan fingerprint density at radius 1 is 1.23 bits per heavy atom. The largest absolute Gasteiger partial charge is 0.355 e. The summed E-state index contributed by atoms with van der Waals surface area (Å²) >= 11 is 0. The van der Waals surface area contributed by atoms with Gasteiger partial charge in [0, 0.05) is 13.0 Å². The smallest absolute Gasteiger partial charge is 0.239 e. The SMILES string of the molecule is CCNC(=O)Cn1c(C(C)NC(=O)CC)nc2ccccc21. The minimum atomic E-state index is -0.255. The van der Waals surface area contributed by atoms with Crippen LogP contribution in [0.3, 0.4) is 0 Å². The van der Waals surface area contributed by atoms with Crippen LogP contribution in [0, 0.1) is 0 Å². The summed E-state index contributed by atoms with van der Waals surface area (Å²) in [6, 6.07) is 7.40. The van der Waals surface area contributed by atoms with Crippen LogP contribution in [0.2, 0.25) is 0 Å². The molecule has 0 aliphatic carbocycles. The highest BCUT2D eigenvalue weighted by atomic mass is 16.2. The second-order valence-electron chi connectivity index (χ2n) is 5.14. The summed E-state index contributed by atoms with van der Waals surface area (Å²) in [7, 11) is 0. The van der Waals surface area contributed by atoms with E-state index in [2.05, 4.69) is 15.6 Å². The summed E-state index contributed by atoms with van der Waals surface area (Å²) in [5.41, 5.74) is 1.71. The third kappa shape index (κ3) is 3.44. The monoisotopic (exact) mass is 302 g/mol. The molecule has 1 aromatic carbocycles. The van der Waals surface area contributed by atoms with Gasteiger partial charge in [-0.25, -0.2) is 4.98 Å². The normalized spacial score (nSPS) is 12.1. The Bertz CT molecular complexity index is 678. The standard InChI is InChI=1S/C16H22N4O2/c1-4-14(21)18-11(3)16-19-12-8-6-7-9-13(12)20(16)10-15(22)17-5-2/h6-9,11H,4-5,10H2,1-3H3,(H,17,22)(H,18,21). The lowest BCUT2D eigenvalue weighted by Gasteiger charge is -2.15.